The van der Waals surface area contributed by atoms with Gasteiger partial charge in [-0.15, -0.1) is 0 Å². The lowest BCUT2D eigenvalue weighted by atomic mass is 10.0. The van der Waals surface area contributed by atoms with Crippen molar-refractivity contribution in [2.75, 3.05) is 4.90 Å². The van der Waals surface area contributed by atoms with Crippen molar-refractivity contribution in [3.05, 3.63) is 90.4 Å². The number of oxime groups is 1. The molecule has 0 radical (unpaired) electrons. The molecule has 0 bridgehead atoms. The zero-order valence-corrected chi connectivity index (χ0v) is 14.1. The number of furan rings is 1. The molecule has 1 unspecified atom stereocenters. The third kappa shape index (κ3) is 3.37. The van der Waals surface area contributed by atoms with Gasteiger partial charge in [0.25, 0.3) is 5.91 Å². The van der Waals surface area contributed by atoms with E-state index < -0.39 is 6.10 Å². The molecule has 0 N–H and O–H groups in total. The second-order valence-corrected chi connectivity index (χ2v) is 6.04. The Balaban J connectivity index is 1.54. The first-order valence-corrected chi connectivity index (χ1v) is 8.48. The van der Waals surface area contributed by atoms with Crippen LogP contribution in [0.15, 0.2) is 88.6 Å². The molecule has 0 spiro atoms. The molecule has 1 aliphatic rings. The van der Waals surface area contributed by atoms with Crippen LogP contribution in [0.25, 0.3) is 0 Å². The Morgan fingerprint density at radius 3 is 2.42 bits per heavy atom. The summed E-state index contributed by atoms with van der Waals surface area (Å²) in [5, 5.41) is 4.13. The number of nitrogens with zero attached hydrogens (tertiary/aromatic N) is 2. The van der Waals surface area contributed by atoms with E-state index >= 15 is 0 Å². The highest BCUT2D eigenvalue weighted by Crippen LogP contribution is 2.23. The van der Waals surface area contributed by atoms with Crippen LogP contribution in [0.5, 0.6) is 0 Å². The Morgan fingerprint density at radius 1 is 1.00 bits per heavy atom. The maximum absolute atomic E-state index is 13.1. The van der Waals surface area contributed by atoms with Gasteiger partial charge in [-0.05, 0) is 29.8 Å². The minimum atomic E-state index is -0.639. The van der Waals surface area contributed by atoms with Gasteiger partial charge in [0, 0.05) is 12.1 Å². The second kappa shape index (κ2) is 7.27. The van der Waals surface area contributed by atoms with E-state index in [1.54, 1.807) is 11.2 Å². The quantitative estimate of drug-likeness (QED) is 0.701. The molecule has 5 heteroatoms. The molecule has 0 saturated heterocycles. The molecule has 5 nitrogen and oxygen atoms in total. The molecule has 1 aliphatic heterocycles. The standard InChI is InChI=1S/C21H18N2O3/c24-21(20-14-19(22-26-20)16-8-3-1-4-9-16)23(15-18-12-7-13-25-18)17-10-5-2-6-11-17/h1-13,20H,14-15H2. The summed E-state index contributed by atoms with van der Waals surface area (Å²) in [6.07, 6.45) is 1.41. The van der Waals surface area contributed by atoms with Gasteiger partial charge in [-0.1, -0.05) is 53.7 Å². The second-order valence-electron chi connectivity index (χ2n) is 6.04. The first-order chi connectivity index (χ1) is 12.8. The highest BCUT2D eigenvalue weighted by Gasteiger charge is 2.33. The van der Waals surface area contributed by atoms with Crippen LogP contribution < -0.4 is 4.90 Å². The number of para-hydroxylation sites is 1. The number of carbonyl (C=O) groups excluding carboxylic acids is 1. The van der Waals surface area contributed by atoms with Crippen molar-refractivity contribution in [3.63, 3.8) is 0 Å². The topological polar surface area (TPSA) is 55.0 Å². The molecule has 3 aromatic rings. The third-order valence-electron chi connectivity index (χ3n) is 4.28. The van der Waals surface area contributed by atoms with E-state index in [0.717, 1.165) is 17.0 Å². The fourth-order valence-electron chi connectivity index (χ4n) is 2.95. The van der Waals surface area contributed by atoms with Crippen LogP contribution >= 0.6 is 0 Å². The number of amides is 1. The first-order valence-electron chi connectivity index (χ1n) is 8.48. The third-order valence-corrected chi connectivity index (χ3v) is 4.28. The summed E-state index contributed by atoms with van der Waals surface area (Å²) in [6, 6.07) is 22.9. The van der Waals surface area contributed by atoms with Crippen molar-refractivity contribution >= 4 is 17.3 Å². The number of anilines is 1. The van der Waals surface area contributed by atoms with Crippen molar-refractivity contribution < 1.29 is 14.0 Å². The molecule has 130 valence electrons. The predicted octanol–water partition coefficient (Wildman–Crippen LogP) is 4.01. The first kappa shape index (κ1) is 16.1. The van der Waals surface area contributed by atoms with E-state index in [4.69, 9.17) is 9.25 Å². The Morgan fingerprint density at radius 2 is 1.73 bits per heavy atom. The molecule has 1 amide bonds. The summed E-state index contributed by atoms with van der Waals surface area (Å²) in [5.74, 6) is 0.576. The molecule has 0 saturated carbocycles. The van der Waals surface area contributed by atoms with Crippen LogP contribution in [0.4, 0.5) is 5.69 Å². The van der Waals surface area contributed by atoms with E-state index in [-0.39, 0.29) is 5.91 Å². The Labute approximate surface area is 151 Å². The molecule has 4 rings (SSSR count). The highest BCUT2D eigenvalue weighted by atomic mass is 16.6. The number of hydrogen-bond acceptors (Lipinski definition) is 4. The summed E-state index contributed by atoms with van der Waals surface area (Å²) < 4.78 is 5.43. The maximum atomic E-state index is 13.1. The van der Waals surface area contributed by atoms with Gasteiger partial charge in [-0.2, -0.15) is 0 Å². The summed E-state index contributed by atoms with van der Waals surface area (Å²) in [7, 11) is 0. The number of rotatable bonds is 5. The van der Waals surface area contributed by atoms with E-state index in [0.29, 0.717) is 18.7 Å². The van der Waals surface area contributed by atoms with Gasteiger partial charge < -0.3 is 14.2 Å². The minimum absolute atomic E-state index is 0.137. The van der Waals surface area contributed by atoms with Crippen molar-refractivity contribution in [2.24, 2.45) is 5.16 Å². The van der Waals surface area contributed by atoms with Crippen molar-refractivity contribution in [1.29, 1.82) is 0 Å². The number of benzene rings is 2. The van der Waals surface area contributed by atoms with Crippen LogP contribution in [-0.2, 0) is 16.2 Å². The lowest BCUT2D eigenvalue weighted by Gasteiger charge is -2.24. The van der Waals surface area contributed by atoms with Gasteiger partial charge in [0.1, 0.15) is 5.76 Å². The van der Waals surface area contributed by atoms with Crippen LogP contribution in [-0.4, -0.2) is 17.7 Å². The zero-order chi connectivity index (χ0) is 17.8. The van der Waals surface area contributed by atoms with E-state index in [2.05, 4.69) is 5.16 Å². The van der Waals surface area contributed by atoms with Crippen LogP contribution in [0.1, 0.15) is 17.7 Å². The number of carbonyl (C=O) groups is 1. The van der Waals surface area contributed by atoms with Crippen molar-refractivity contribution in [3.8, 4) is 0 Å². The van der Waals surface area contributed by atoms with E-state index in [1.807, 2.05) is 72.8 Å². The predicted molar refractivity (Wildman–Crippen MR) is 98.8 cm³/mol. The van der Waals surface area contributed by atoms with Crippen molar-refractivity contribution in [2.45, 2.75) is 19.1 Å². The van der Waals surface area contributed by atoms with Gasteiger partial charge in [-0.25, -0.2) is 0 Å². The molecule has 26 heavy (non-hydrogen) atoms. The summed E-state index contributed by atoms with van der Waals surface area (Å²) in [5.41, 5.74) is 2.56. The number of hydrogen-bond donors (Lipinski definition) is 0. The Hall–Kier alpha value is -3.34. The molecule has 2 heterocycles. The molecular weight excluding hydrogens is 328 g/mol. The fourth-order valence-corrected chi connectivity index (χ4v) is 2.95. The molecule has 0 aliphatic carbocycles. The SMILES string of the molecule is O=C(C1CC(c2ccccc2)=NO1)N(Cc1ccco1)c1ccccc1. The van der Waals surface area contributed by atoms with Gasteiger partial charge in [-0.3, -0.25) is 4.79 Å². The van der Waals surface area contributed by atoms with Crippen molar-refractivity contribution in [1.82, 2.24) is 0 Å². The van der Waals surface area contributed by atoms with E-state index in [9.17, 15) is 4.79 Å². The Kier molecular flexibility index (Phi) is 4.51. The van der Waals surface area contributed by atoms with Gasteiger partial charge in [0.05, 0.1) is 18.5 Å². The molecular formula is C21H18N2O3. The summed E-state index contributed by atoms with van der Waals surface area (Å²) in [6.45, 7) is 0.344. The Bertz CT molecular complexity index is 890. The van der Waals surface area contributed by atoms with Crippen LogP contribution in [0.3, 0.4) is 0 Å². The van der Waals surface area contributed by atoms with E-state index in [1.165, 1.54) is 0 Å². The molecule has 1 aromatic heterocycles. The van der Waals surface area contributed by atoms with Gasteiger partial charge >= 0.3 is 0 Å². The average molecular weight is 346 g/mol. The summed E-state index contributed by atoms with van der Waals surface area (Å²) in [4.78, 5) is 20.3. The van der Waals surface area contributed by atoms with Gasteiger partial charge in [0.15, 0.2) is 0 Å². The lowest BCUT2D eigenvalue weighted by Crippen LogP contribution is -2.39. The molecule has 0 fully saturated rings. The normalized spacial score (nSPS) is 16.0. The summed E-state index contributed by atoms with van der Waals surface area (Å²) >= 11 is 0. The van der Waals surface area contributed by atoms with Gasteiger partial charge in [0.2, 0.25) is 6.10 Å². The lowest BCUT2D eigenvalue weighted by molar-refractivity contribution is -0.128. The molecule has 1 atom stereocenters. The minimum Gasteiger partial charge on any atom is -0.467 e. The monoisotopic (exact) mass is 346 g/mol. The largest absolute Gasteiger partial charge is 0.467 e. The smallest absolute Gasteiger partial charge is 0.271 e. The maximum Gasteiger partial charge on any atom is 0.271 e. The van der Waals surface area contributed by atoms with Crippen LogP contribution in [0.2, 0.25) is 0 Å². The zero-order valence-electron chi connectivity index (χ0n) is 14.1. The molecule has 2 aromatic carbocycles. The fraction of sp³-hybridized carbons (Fsp3) is 0.143. The van der Waals surface area contributed by atoms with Crippen LogP contribution in [0, 0.1) is 0 Å². The highest BCUT2D eigenvalue weighted by molar-refractivity contribution is 6.06. The average Bonchev–Trinajstić information content (AvgIpc) is 3.39.